The minimum atomic E-state index is -0.889. The maximum atomic E-state index is 13.2. The molecule has 2 aromatic heterocycles. The number of nitrogens with zero attached hydrogens (tertiary/aromatic N) is 2. The van der Waals surface area contributed by atoms with E-state index in [1.165, 1.54) is 0 Å². The molecule has 1 unspecified atom stereocenters. The van der Waals surface area contributed by atoms with E-state index in [-0.39, 0.29) is 11.8 Å². The van der Waals surface area contributed by atoms with Gasteiger partial charge in [0.2, 0.25) is 0 Å². The zero-order valence-electron chi connectivity index (χ0n) is 14.6. The normalized spacial score (nSPS) is 22.9. The number of amides is 1. The molecule has 0 radical (unpaired) electrons. The van der Waals surface area contributed by atoms with Gasteiger partial charge in [-0.2, -0.15) is 0 Å². The Morgan fingerprint density at radius 2 is 2.19 bits per heavy atom. The van der Waals surface area contributed by atoms with Gasteiger partial charge in [0, 0.05) is 24.4 Å². The van der Waals surface area contributed by atoms with Crippen molar-refractivity contribution in [1.82, 2.24) is 9.88 Å². The highest BCUT2D eigenvalue weighted by Crippen LogP contribution is 2.33. The van der Waals surface area contributed by atoms with Crippen LogP contribution in [-0.2, 0) is 0 Å². The summed E-state index contributed by atoms with van der Waals surface area (Å²) in [6, 6.07) is 10.7. The summed E-state index contributed by atoms with van der Waals surface area (Å²) in [6.07, 6.45) is 1.56. The molecule has 4 rings (SSSR count). The molecule has 1 amide bonds. The number of carbonyl (C=O) groups excluding carboxylic acids is 1. The topological polar surface area (TPSA) is 66.6 Å². The fourth-order valence-electron chi connectivity index (χ4n) is 3.40. The molecule has 134 valence electrons. The molecule has 1 N–H and O–H groups in total. The van der Waals surface area contributed by atoms with Gasteiger partial charge in [-0.1, -0.05) is 30.7 Å². The number of hydrogen-bond donors (Lipinski definition) is 1. The number of carbonyl (C=O) groups is 1. The zero-order valence-corrected chi connectivity index (χ0v) is 15.3. The molecule has 1 aromatic carbocycles. The summed E-state index contributed by atoms with van der Waals surface area (Å²) in [5.74, 6) is 0.437. The van der Waals surface area contributed by atoms with Gasteiger partial charge in [0.1, 0.15) is 5.69 Å². The number of para-hydroxylation sites is 1. The molecule has 0 aliphatic carbocycles. The highest BCUT2D eigenvalue weighted by Gasteiger charge is 2.41. The van der Waals surface area contributed by atoms with Crippen molar-refractivity contribution in [2.45, 2.75) is 19.4 Å². The lowest BCUT2D eigenvalue weighted by atomic mass is 9.95. The zero-order chi connectivity index (χ0) is 18.5. The number of benzene rings is 1. The second-order valence-corrected chi connectivity index (χ2v) is 7.52. The molecule has 0 spiro atoms. The van der Waals surface area contributed by atoms with Crippen LogP contribution in [0.2, 0.25) is 5.02 Å². The maximum absolute atomic E-state index is 13.2. The number of halogens is 1. The SMILES string of the molecule is CC1CN(C(=O)c2cc(-c3ccco3)nc3c(Cl)cccc23)C[C@]1(C)O. The number of furan rings is 1. The Morgan fingerprint density at radius 3 is 2.85 bits per heavy atom. The number of hydrogen-bond acceptors (Lipinski definition) is 4. The molecule has 1 fully saturated rings. The molecule has 3 heterocycles. The number of pyridine rings is 1. The van der Waals surface area contributed by atoms with Gasteiger partial charge in [0.25, 0.3) is 5.91 Å². The van der Waals surface area contributed by atoms with Crippen molar-refractivity contribution in [2.75, 3.05) is 13.1 Å². The van der Waals surface area contributed by atoms with Gasteiger partial charge in [-0.05, 0) is 31.2 Å². The van der Waals surface area contributed by atoms with E-state index in [0.29, 0.717) is 46.0 Å². The fourth-order valence-corrected chi connectivity index (χ4v) is 3.62. The van der Waals surface area contributed by atoms with Crippen molar-refractivity contribution < 1.29 is 14.3 Å². The molecule has 1 saturated heterocycles. The molecular weight excluding hydrogens is 352 g/mol. The molecule has 1 aliphatic rings. The Morgan fingerprint density at radius 1 is 1.38 bits per heavy atom. The molecule has 26 heavy (non-hydrogen) atoms. The van der Waals surface area contributed by atoms with Gasteiger partial charge in [-0.25, -0.2) is 4.98 Å². The van der Waals surface area contributed by atoms with Crippen LogP contribution < -0.4 is 0 Å². The van der Waals surface area contributed by atoms with Crippen LogP contribution in [0.4, 0.5) is 0 Å². The van der Waals surface area contributed by atoms with Crippen LogP contribution in [0.3, 0.4) is 0 Å². The molecule has 3 aromatic rings. The van der Waals surface area contributed by atoms with Crippen LogP contribution in [0.5, 0.6) is 0 Å². The molecule has 1 aliphatic heterocycles. The Balaban J connectivity index is 1.86. The molecule has 0 saturated carbocycles. The van der Waals surface area contributed by atoms with E-state index in [1.807, 2.05) is 13.0 Å². The monoisotopic (exact) mass is 370 g/mol. The number of rotatable bonds is 2. The van der Waals surface area contributed by atoms with E-state index in [2.05, 4.69) is 4.98 Å². The summed E-state index contributed by atoms with van der Waals surface area (Å²) < 4.78 is 5.45. The van der Waals surface area contributed by atoms with Gasteiger partial charge >= 0.3 is 0 Å². The van der Waals surface area contributed by atoms with Crippen molar-refractivity contribution in [1.29, 1.82) is 0 Å². The third kappa shape index (κ3) is 2.77. The van der Waals surface area contributed by atoms with Crippen LogP contribution in [0, 0.1) is 5.92 Å². The summed E-state index contributed by atoms with van der Waals surface area (Å²) in [5.41, 5.74) is 0.733. The van der Waals surface area contributed by atoms with Crippen LogP contribution >= 0.6 is 11.6 Å². The van der Waals surface area contributed by atoms with Crippen LogP contribution in [0.25, 0.3) is 22.4 Å². The van der Waals surface area contributed by atoms with Crippen LogP contribution in [-0.4, -0.2) is 39.6 Å². The first-order valence-electron chi connectivity index (χ1n) is 8.51. The van der Waals surface area contributed by atoms with Crippen molar-refractivity contribution in [3.05, 3.63) is 53.2 Å². The maximum Gasteiger partial charge on any atom is 0.254 e. The number of β-amino-alcohol motifs (C(OH)–C–C–N with tert-alkyl or cyclic N) is 1. The van der Waals surface area contributed by atoms with Crippen molar-refractivity contribution in [3.8, 4) is 11.5 Å². The van der Waals surface area contributed by atoms with Crippen LogP contribution in [0.15, 0.2) is 47.1 Å². The van der Waals surface area contributed by atoms with Crippen molar-refractivity contribution in [2.24, 2.45) is 5.92 Å². The predicted molar refractivity (Wildman–Crippen MR) is 100 cm³/mol. The smallest absolute Gasteiger partial charge is 0.254 e. The van der Waals surface area contributed by atoms with E-state index in [9.17, 15) is 9.90 Å². The summed E-state index contributed by atoms with van der Waals surface area (Å²) in [4.78, 5) is 19.5. The second kappa shape index (κ2) is 6.11. The number of likely N-dealkylation sites (tertiary alicyclic amines) is 1. The fraction of sp³-hybridized carbons (Fsp3) is 0.300. The Kier molecular flexibility index (Phi) is 4.01. The number of aliphatic hydroxyl groups is 1. The highest BCUT2D eigenvalue weighted by atomic mass is 35.5. The second-order valence-electron chi connectivity index (χ2n) is 7.11. The van der Waals surface area contributed by atoms with E-state index in [1.54, 1.807) is 48.4 Å². The summed E-state index contributed by atoms with van der Waals surface area (Å²) >= 11 is 6.34. The number of aromatic nitrogens is 1. The standard InChI is InChI=1S/C20H19ClN2O3/c1-12-10-23(11-20(12,2)25)19(24)14-9-16(17-7-4-8-26-17)22-18-13(14)5-3-6-15(18)21/h3-9,12,25H,10-11H2,1-2H3/t12?,20-/m0/s1. The minimum absolute atomic E-state index is 0.00711. The van der Waals surface area contributed by atoms with E-state index in [4.69, 9.17) is 16.0 Å². The Bertz CT molecular complexity index is 982. The van der Waals surface area contributed by atoms with Crippen molar-refractivity contribution >= 4 is 28.4 Å². The first-order chi connectivity index (χ1) is 12.4. The average molecular weight is 371 g/mol. The third-order valence-corrected chi connectivity index (χ3v) is 5.45. The minimum Gasteiger partial charge on any atom is -0.463 e. The first kappa shape index (κ1) is 17.1. The predicted octanol–water partition coefficient (Wildman–Crippen LogP) is 3.99. The van der Waals surface area contributed by atoms with Crippen LogP contribution in [0.1, 0.15) is 24.2 Å². The lowest BCUT2D eigenvalue weighted by Crippen LogP contribution is -2.35. The van der Waals surface area contributed by atoms with E-state index in [0.717, 1.165) is 0 Å². The molecular formula is C20H19ClN2O3. The van der Waals surface area contributed by atoms with Gasteiger partial charge < -0.3 is 14.4 Å². The lowest BCUT2D eigenvalue weighted by molar-refractivity contribution is 0.0351. The van der Waals surface area contributed by atoms with Gasteiger partial charge in [0.15, 0.2) is 5.76 Å². The molecule has 6 heteroatoms. The van der Waals surface area contributed by atoms with Gasteiger partial charge in [-0.15, -0.1) is 0 Å². The summed E-state index contributed by atoms with van der Waals surface area (Å²) in [6.45, 7) is 4.52. The quantitative estimate of drug-likeness (QED) is 0.740. The van der Waals surface area contributed by atoms with E-state index < -0.39 is 5.60 Å². The molecule has 0 bridgehead atoms. The van der Waals surface area contributed by atoms with Gasteiger partial charge in [0.05, 0.1) is 28.0 Å². The van der Waals surface area contributed by atoms with E-state index >= 15 is 0 Å². The Hall–Kier alpha value is -2.37. The first-order valence-corrected chi connectivity index (χ1v) is 8.89. The van der Waals surface area contributed by atoms with Gasteiger partial charge in [-0.3, -0.25) is 4.79 Å². The average Bonchev–Trinajstić information content (AvgIpc) is 3.22. The third-order valence-electron chi connectivity index (χ3n) is 5.15. The molecule has 5 nitrogen and oxygen atoms in total. The lowest BCUT2D eigenvalue weighted by Gasteiger charge is -2.21. The summed E-state index contributed by atoms with van der Waals surface area (Å²) in [5, 5.41) is 11.6. The highest BCUT2D eigenvalue weighted by molar-refractivity contribution is 6.35. The summed E-state index contributed by atoms with van der Waals surface area (Å²) in [7, 11) is 0. The number of fused-ring (bicyclic) bond motifs is 1. The Labute approximate surface area is 156 Å². The van der Waals surface area contributed by atoms with Crippen molar-refractivity contribution in [3.63, 3.8) is 0 Å². The largest absolute Gasteiger partial charge is 0.463 e. The molecule has 2 atom stereocenters.